The molecule has 0 bridgehead atoms. The van der Waals surface area contributed by atoms with E-state index in [4.69, 9.17) is 0 Å². The number of hydrogen-bond donors (Lipinski definition) is 0. The fraction of sp³-hybridized carbons (Fsp3) is 0.400. The van der Waals surface area contributed by atoms with Crippen molar-refractivity contribution >= 4 is 11.3 Å². The van der Waals surface area contributed by atoms with E-state index in [-0.39, 0.29) is 0 Å². The van der Waals surface area contributed by atoms with Crippen molar-refractivity contribution in [2.75, 3.05) is 0 Å². The van der Waals surface area contributed by atoms with Crippen LogP contribution in [0, 0.1) is 19.8 Å². The smallest absolute Gasteiger partial charge is 0.150 e. The van der Waals surface area contributed by atoms with E-state index in [1.54, 1.807) is 11.3 Å². The summed E-state index contributed by atoms with van der Waals surface area (Å²) >= 11 is 1.80. The standard InChI is InChI=1S/C15H17N5S/c1-10-3-4-13(21-10)15-16-5-6-19(15)8-12-7-14-18-17-11(2)20(14)9-12/h3-6,12H,7-9H2,1-2H3. The van der Waals surface area contributed by atoms with E-state index in [1.807, 2.05) is 13.1 Å². The molecular formula is C15H17N5S. The summed E-state index contributed by atoms with van der Waals surface area (Å²) in [5.41, 5.74) is 0. The fourth-order valence-corrected chi connectivity index (χ4v) is 3.91. The quantitative estimate of drug-likeness (QED) is 0.747. The molecule has 0 radical (unpaired) electrons. The van der Waals surface area contributed by atoms with Gasteiger partial charge in [-0.2, -0.15) is 0 Å². The van der Waals surface area contributed by atoms with Gasteiger partial charge in [0.15, 0.2) is 0 Å². The number of aryl methyl sites for hydroxylation is 2. The summed E-state index contributed by atoms with van der Waals surface area (Å²) in [5.74, 6) is 3.79. The van der Waals surface area contributed by atoms with Crippen molar-refractivity contribution in [1.82, 2.24) is 24.3 Å². The first kappa shape index (κ1) is 12.8. The van der Waals surface area contributed by atoms with Crippen molar-refractivity contribution in [1.29, 1.82) is 0 Å². The van der Waals surface area contributed by atoms with Crippen molar-refractivity contribution in [2.45, 2.75) is 33.4 Å². The molecule has 0 N–H and O–H groups in total. The topological polar surface area (TPSA) is 48.5 Å². The molecule has 4 heterocycles. The zero-order valence-electron chi connectivity index (χ0n) is 12.2. The normalized spacial score (nSPS) is 17.3. The van der Waals surface area contributed by atoms with Crippen LogP contribution in [0.25, 0.3) is 10.7 Å². The Morgan fingerprint density at radius 3 is 2.95 bits per heavy atom. The summed E-state index contributed by atoms with van der Waals surface area (Å²) in [5, 5.41) is 8.38. The SMILES string of the molecule is Cc1ccc(-c2nccn2CC2Cc3nnc(C)n3C2)s1. The van der Waals surface area contributed by atoms with Crippen molar-refractivity contribution in [2.24, 2.45) is 5.92 Å². The Labute approximate surface area is 127 Å². The minimum atomic E-state index is 0.572. The van der Waals surface area contributed by atoms with Crippen LogP contribution in [0.15, 0.2) is 24.5 Å². The van der Waals surface area contributed by atoms with Crippen LogP contribution >= 0.6 is 11.3 Å². The Morgan fingerprint density at radius 1 is 1.29 bits per heavy atom. The number of thiophene rings is 1. The van der Waals surface area contributed by atoms with E-state index >= 15 is 0 Å². The molecule has 0 aromatic carbocycles. The molecule has 3 aromatic heterocycles. The van der Waals surface area contributed by atoms with Gasteiger partial charge in [0.2, 0.25) is 0 Å². The van der Waals surface area contributed by atoms with Gasteiger partial charge in [-0.25, -0.2) is 4.98 Å². The lowest BCUT2D eigenvalue weighted by Gasteiger charge is -2.12. The Bertz CT molecular complexity index is 782. The predicted octanol–water partition coefficient (Wildman–Crippen LogP) is 2.69. The van der Waals surface area contributed by atoms with Crippen molar-refractivity contribution in [3.05, 3.63) is 41.1 Å². The molecule has 1 aliphatic heterocycles. The molecule has 1 atom stereocenters. The molecule has 0 fully saturated rings. The molecule has 3 aromatic rings. The summed E-state index contributed by atoms with van der Waals surface area (Å²) in [7, 11) is 0. The van der Waals surface area contributed by atoms with Gasteiger partial charge in [-0.3, -0.25) is 0 Å². The summed E-state index contributed by atoms with van der Waals surface area (Å²) in [6, 6.07) is 4.31. The van der Waals surface area contributed by atoms with Crippen LogP contribution in [0.2, 0.25) is 0 Å². The van der Waals surface area contributed by atoms with Gasteiger partial charge >= 0.3 is 0 Å². The second-order valence-electron chi connectivity index (χ2n) is 5.66. The predicted molar refractivity (Wildman–Crippen MR) is 82.2 cm³/mol. The van der Waals surface area contributed by atoms with Crippen LogP contribution in [-0.4, -0.2) is 24.3 Å². The maximum atomic E-state index is 4.53. The largest absolute Gasteiger partial charge is 0.330 e. The average Bonchev–Trinajstić information content (AvgIpc) is 3.18. The van der Waals surface area contributed by atoms with Crippen molar-refractivity contribution < 1.29 is 0 Å². The second kappa shape index (κ2) is 4.80. The van der Waals surface area contributed by atoms with Crippen LogP contribution in [0.5, 0.6) is 0 Å². The van der Waals surface area contributed by atoms with E-state index < -0.39 is 0 Å². The summed E-state index contributed by atoms with van der Waals surface area (Å²) < 4.78 is 4.50. The van der Waals surface area contributed by atoms with Crippen LogP contribution in [0.1, 0.15) is 16.5 Å². The van der Waals surface area contributed by atoms with Crippen LogP contribution in [0.3, 0.4) is 0 Å². The molecule has 4 rings (SSSR count). The number of nitrogens with zero attached hydrogens (tertiary/aromatic N) is 5. The molecule has 1 unspecified atom stereocenters. The molecule has 108 valence electrons. The second-order valence-corrected chi connectivity index (χ2v) is 6.95. The summed E-state index contributed by atoms with van der Waals surface area (Å²) in [6.45, 7) is 6.15. The number of hydrogen-bond acceptors (Lipinski definition) is 4. The molecule has 0 amide bonds. The minimum Gasteiger partial charge on any atom is -0.330 e. The van der Waals surface area contributed by atoms with Gasteiger partial charge in [-0.05, 0) is 26.0 Å². The maximum Gasteiger partial charge on any atom is 0.150 e. The van der Waals surface area contributed by atoms with Gasteiger partial charge < -0.3 is 9.13 Å². The molecule has 0 spiro atoms. The maximum absolute atomic E-state index is 4.53. The number of fused-ring (bicyclic) bond motifs is 1. The third-order valence-electron chi connectivity index (χ3n) is 4.06. The highest BCUT2D eigenvalue weighted by molar-refractivity contribution is 7.15. The average molecular weight is 299 g/mol. The zero-order valence-corrected chi connectivity index (χ0v) is 13.0. The van der Waals surface area contributed by atoms with Gasteiger partial charge in [-0.1, -0.05) is 0 Å². The molecule has 0 saturated heterocycles. The molecular weight excluding hydrogens is 282 g/mol. The van der Waals surface area contributed by atoms with Crippen LogP contribution < -0.4 is 0 Å². The lowest BCUT2D eigenvalue weighted by molar-refractivity contribution is 0.432. The van der Waals surface area contributed by atoms with E-state index in [1.165, 1.54) is 9.75 Å². The van der Waals surface area contributed by atoms with Crippen molar-refractivity contribution in [3.63, 3.8) is 0 Å². The first-order valence-corrected chi connectivity index (χ1v) is 7.99. The van der Waals surface area contributed by atoms with Gasteiger partial charge in [0.1, 0.15) is 17.5 Å². The van der Waals surface area contributed by atoms with E-state index in [0.717, 1.165) is 37.0 Å². The zero-order chi connectivity index (χ0) is 14.4. The monoisotopic (exact) mass is 299 g/mol. The van der Waals surface area contributed by atoms with E-state index in [2.05, 4.69) is 49.6 Å². The minimum absolute atomic E-state index is 0.572. The number of imidazole rings is 1. The van der Waals surface area contributed by atoms with E-state index in [9.17, 15) is 0 Å². The molecule has 1 aliphatic rings. The molecule has 0 saturated carbocycles. The Balaban J connectivity index is 1.56. The van der Waals surface area contributed by atoms with Gasteiger partial charge in [-0.15, -0.1) is 21.5 Å². The third kappa shape index (κ3) is 2.19. The van der Waals surface area contributed by atoms with Gasteiger partial charge in [0, 0.05) is 42.7 Å². The highest BCUT2D eigenvalue weighted by Gasteiger charge is 2.25. The Kier molecular flexibility index (Phi) is 2.92. The van der Waals surface area contributed by atoms with Crippen LogP contribution in [0.4, 0.5) is 0 Å². The summed E-state index contributed by atoms with van der Waals surface area (Å²) in [4.78, 5) is 7.10. The van der Waals surface area contributed by atoms with E-state index in [0.29, 0.717) is 5.92 Å². The lowest BCUT2D eigenvalue weighted by Crippen LogP contribution is -2.13. The first-order chi connectivity index (χ1) is 10.2. The number of aromatic nitrogens is 5. The molecule has 0 aliphatic carbocycles. The van der Waals surface area contributed by atoms with Gasteiger partial charge in [0.05, 0.1) is 4.88 Å². The van der Waals surface area contributed by atoms with Gasteiger partial charge in [0.25, 0.3) is 0 Å². The first-order valence-electron chi connectivity index (χ1n) is 7.17. The lowest BCUT2D eigenvalue weighted by atomic mass is 10.1. The van der Waals surface area contributed by atoms with Crippen molar-refractivity contribution in [3.8, 4) is 10.7 Å². The number of rotatable bonds is 3. The summed E-state index contributed by atoms with van der Waals surface area (Å²) in [6.07, 6.45) is 4.98. The molecule has 5 nitrogen and oxygen atoms in total. The highest BCUT2D eigenvalue weighted by Crippen LogP contribution is 2.28. The van der Waals surface area contributed by atoms with Crippen LogP contribution in [-0.2, 0) is 19.5 Å². The molecule has 6 heteroatoms. The highest BCUT2D eigenvalue weighted by atomic mass is 32.1. The third-order valence-corrected chi connectivity index (χ3v) is 5.05. The Hall–Kier alpha value is -1.95. The molecule has 21 heavy (non-hydrogen) atoms. The Morgan fingerprint density at radius 2 is 2.19 bits per heavy atom. The fourth-order valence-electron chi connectivity index (χ4n) is 3.03.